The van der Waals surface area contributed by atoms with Crippen molar-refractivity contribution >= 4 is 67.6 Å². The van der Waals surface area contributed by atoms with Gasteiger partial charge >= 0.3 is 0 Å². The molecular weight excluding hydrogens is 464 g/mol. The Bertz CT molecular complexity index is 976. The Hall–Kier alpha value is -2.23. The largest absolute Gasteiger partial charge is 0.492 e. The van der Waals surface area contributed by atoms with Crippen molar-refractivity contribution in [2.75, 3.05) is 11.5 Å². The lowest BCUT2D eigenvalue weighted by Gasteiger charge is -2.14. The molecule has 1 amide bonds. The maximum atomic E-state index is 12.8. The van der Waals surface area contributed by atoms with E-state index in [4.69, 9.17) is 17.0 Å². The van der Waals surface area contributed by atoms with Crippen LogP contribution in [-0.2, 0) is 4.79 Å². The zero-order valence-corrected chi connectivity index (χ0v) is 18.0. The van der Waals surface area contributed by atoms with E-state index in [1.165, 1.54) is 40.9 Å². The van der Waals surface area contributed by atoms with Gasteiger partial charge in [0.15, 0.2) is 4.32 Å². The summed E-state index contributed by atoms with van der Waals surface area (Å²) >= 11 is 10.0. The van der Waals surface area contributed by atoms with Crippen LogP contribution in [-0.4, -0.2) is 21.8 Å². The van der Waals surface area contributed by atoms with Gasteiger partial charge in [-0.1, -0.05) is 37.0 Å². The van der Waals surface area contributed by atoms with Gasteiger partial charge in [-0.15, -0.1) is 0 Å². The van der Waals surface area contributed by atoms with Crippen molar-refractivity contribution < 1.29 is 14.5 Å². The van der Waals surface area contributed by atoms with Crippen LogP contribution in [0.3, 0.4) is 0 Å². The van der Waals surface area contributed by atoms with Gasteiger partial charge in [0.1, 0.15) is 5.75 Å². The zero-order valence-electron chi connectivity index (χ0n) is 14.8. The summed E-state index contributed by atoms with van der Waals surface area (Å²) in [7, 11) is 0. The predicted molar refractivity (Wildman–Crippen MR) is 119 cm³/mol. The second-order valence-electron chi connectivity index (χ2n) is 5.83. The molecule has 0 aliphatic carbocycles. The number of hydrogen-bond acceptors (Lipinski definition) is 6. The molecule has 9 heteroatoms. The molecule has 2 aromatic rings. The van der Waals surface area contributed by atoms with Crippen LogP contribution in [0.1, 0.15) is 18.9 Å². The first-order chi connectivity index (χ1) is 13.4. The Morgan fingerprint density at radius 3 is 2.61 bits per heavy atom. The molecule has 6 nitrogen and oxygen atoms in total. The number of anilines is 1. The third kappa shape index (κ3) is 4.43. The van der Waals surface area contributed by atoms with Gasteiger partial charge in [-0.25, -0.2) is 0 Å². The van der Waals surface area contributed by atoms with E-state index in [9.17, 15) is 14.9 Å². The number of thiocarbonyl (C=S) groups is 1. The third-order valence-corrected chi connectivity index (χ3v) is 5.75. The molecule has 0 spiro atoms. The highest BCUT2D eigenvalue weighted by Gasteiger charge is 2.33. The summed E-state index contributed by atoms with van der Waals surface area (Å²) in [6, 6.07) is 11.3. The number of benzene rings is 2. The number of nitro benzene ring substituents is 1. The number of non-ortho nitro benzene ring substituents is 1. The number of nitrogens with zero attached hydrogens (tertiary/aromatic N) is 2. The first-order valence-corrected chi connectivity index (χ1v) is 10.4. The Morgan fingerprint density at radius 1 is 1.29 bits per heavy atom. The Morgan fingerprint density at radius 2 is 2.00 bits per heavy atom. The summed E-state index contributed by atoms with van der Waals surface area (Å²) in [5.74, 6) is 0.490. The lowest BCUT2D eigenvalue weighted by molar-refractivity contribution is -0.384. The molecule has 144 valence electrons. The first kappa shape index (κ1) is 20.5. The number of carbonyl (C=O) groups is 1. The summed E-state index contributed by atoms with van der Waals surface area (Å²) in [5.41, 5.74) is 1.29. The Labute approximate surface area is 179 Å². The highest BCUT2D eigenvalue weighted by molar-refractivity contribution is 9.10. The number of carbonyl (C=O) groups excluding carboxylic acids is 1. The van der Waals surface area contributed by atoms with E-state index in [0.717, 1.165) is 22.2 Å². The summed E-state index contributed by atoms with van der Waals surface area (Å²) in [6.07, 6.45) is 2.68. The van der Waals surface area contributed by atoms with E-state index in [0.29, 0.717) is 21.5 Å². The molecule has 1 aliphatic rings. The van der Waals surface area contributed by atoms with Crippen LogP contribution in [0.4, 0.5) is 11.4 Å². The van der Waals surface area contributed by atoms with E-state index in [1.807, 2.05) is 25.1 Å². The summed E-state index contributed by atoms with van der Waals surface area (Å²) in [5, 5.41) is 10.8. The Balaban J connectivity index is 1.83. The summed E-state index contributed by atoms with van der Waals surface area (Å²) in [4.78, 5) is 25.0. The van der Waals surface area contributed by atoms with Crippen LogP contribution in [0, 0.1) is 10.1 Å². The van der Waals surface area contributed by atoms with Crippen LogP contribution in [0.5, 0.6) is 5.75 Å². The zero-order chi connectivity index (χ0) is 20.3. The van der Waals surface area contributed by atoms with Crippen LogP contribution in [0.15, 0.2) is 51.8 Å². The minimum absolute atomic E-state index is 0.0417. The van der Waals surface area contributed by atoms with Crippen molar-refractivity contribution in [3.05, 3.63) is 67.5 Å². The van der Waals surface area contributed by atoms with Gasteiger partial charge in [-0.05, 0) is 58.3 Å². The molecule has 2 aromatic carbocycles. The molecule has 0 N–H and O–H groups in total. The molecule has 0 radical (unpaired) electrons. The maximum absolute atomic E-state index is 12.8. The second-order valence-corrected chi connectivity index (χ2v) is 8.36. The highest BCUT2D eigenvalue weighted by Crippen LogP contribution is 2.37. The number of thioether (sulfide) groups is 1. The van der Waals surface area contributed by atoms with Gasteiger partial charge in [0.2, 0.25) is 0 Å². The fourth-order valence-corrected chi connectivity index (χ4v) is 4.31. The molecule has 0 unspecified atom stereocenters. The maximum Gasteiger partial charge on any atom is 0.270 e. The van der Waals surface area contributed by atoms with Crippen LogP contribution >= 0.6 is 39.9 Å². The summed E-state index contributed by atoms with van der Waals surface area (Å²) < 4.78 is 6.82. The average molecular weight is 479 g/mol. The SMILES string of the molecule is CCCOc1ccc(/C=C2/SC(=S)N(c3ccc([N+](=O)[O-])cc3)C2=O)cc1Br. The average Bonchev–Trinajstić information content (AvgIpc) is 2.94. The van der Waals surface area contributed by atoms with Gasteiger partial charge in [-0.2, -0.15) is 0 Å². The van der Waals surface area contributed by atoms with Crippen molar-refractivity contribution in [2.24, 2.45) is 0 Å². The normalized spacial score (nSPS) is 15.4. The predicted octanol–water partition coefficient (Wildman–Crippen LogP) is 5.55. The highest BCUT2D eigenvalue weighted by atomic mass is 79.9. The lowest BCUT2D eigenvalue weighted by atomic mass is 10.2. The van der Waals surface area contributed by atoms with E-state index in [-0.39, 0.29) is 11.6 Å². The number of nitro groups is 1. The van der Waals surface area contributed by atoms with Crippen molar-refractivity contribution in [1.82, 2.24) is 0 Å². The van der Waals surface area contributed by atoms with E-state index in [2.05, 4.69) is 15.9 Å². The fourth-order valence-electron chi connectivity index (χ4n) is 2.50. The molecule has 0 saturated carbocycles. The number of halogens is 1. The van der Waals surface area contributed by atoms with Gasteiger partial charge < -0.3 is 4.74 Å². The minimum Gasteiger partial charge on any atom is -0.492 e. The van der Waals surface area contributed by atoms with Crippen molar-refractivity contribution in [1.29, 1.82) is 0 Å². The van der Waals surface area contributed by atoms with E-state index >= 15 is 0 Å². The van der Waals surface area contributed by atoms with Gasteiger partial charge in [0, 0.05) is 12.1 Å². The standard InChI is InChI=1S/C19H15BrN2O4S2/c1-2-9-26-16-8-3-12(10-15(16)20)11-17-18(23)21(19(27)28-17)13-4-6-14(7-5-13)22(24)25/h3-8,10-11H,2,9H2,1H3/b17-11+. The molecule has 1 aliphatic heterocycles. The van der Waals surface area contributed by atoms with Crippen molar-refractivity contribution in [3.63, 3.8) is 0 Å². The topological polar surface area (TPSA) is 72.7 Å². The third-order valence-electron chi connectivity index (χ3n) is 3.83. The molecule has 1 heterocycles. The van der Waals surface area contributed by atoms with Crippen LogP contribution < -0.4 is 9.64 Å². The molecule has 0 aromatic heterocycles. The minimum atomic E-state index is -0.486. The second kappa shape index (κ2) is 8.85. The number of amides is 1. The Kier molecular flexibility index (Phi) is 6.48. The molecule has 1 fully saturated rings. The van der Waals surface area contributed by atoms with Crippen molar-refractivity contribution in [3.8, 4) is 5.75 Å². The monoisotopic (exact) mass is 478 g/mol. The number of ether oxygens (including phenoxy) is 1. The van der Waals surface area contributed by atoms with Gasteiger partial charge in [0.05, 0.1) is 26.6 Å². The molecule has 0 bridgehead atoms. The molecule has 1 saturated heterocycles. The fraction of sp³-hybridized carbons (Fsp3) is 0.158. The van der Waals surface area contributed by atoms with Gasteiger partial charge in [0.25, 0.3) is 11.6 Å². The molecule has 3 rings (SSSR count). The smallest absolute Gasteiger partial charge is 0.270 e. The van der Waals surface area contributed by atoms with E-state index < -0.39 is 4.92 Å². The number of rotatable bonds is 6. The van der Waals surface area contributed by atoms with Gasteiger partial charge in [-0.3, -0.25) is 19.8 Å². The quantitative estimate of drug-likeness (QED) is 0.234. The first-order valence-electron chi connectivity index (χ1n) is 8.35. The van der Waals surface area contributed by atoms with Crippen LogP contribution in [0.25, 0.3) is 6.08 Å². The molecular formula is C19H15BrN2O4S2. The lowest BCUT2D eigenvalue weighted by Crippen LogP contribution is -2.27. The van der Waals surface area contributed by atoms with E-state index in [1.54, 1.807) is 6.08 Å². The summed E-state index contributed by atoms with van der Waals surface area (Å²) in [6.45, 7) is 2.67. The molecule has 28 heavy (non-hydrogen) atoms. The molecule has 0 atom stereocenters. The van der Waals surface area contributed by atoms with Crippen LogP contribution in [0.2, 0.25) is 0 Å². The number of hydrogen-bond donors (Lipinski definition) is 0. The van der Waals surface area contributed by atoms with Crippen molar-refractivity contribution in [2.45, 2.75) is 13.3 Å².